The van der Waals surface area contributed by atoms with Crippen molar-refractivity contribution in [2.75, 3.05) is 13.1 Å². The zero-order valence-corrected chi connectivity index (χ0v) is 15.1. The third kappa shape index (κ3) is 4.12. The number of aromatic nitrogens is 3. The van der Waals surface area contributed by atoms with Crippen LogP contribution in [-0.4, -0.2) is 49.9 Å². The van der Waals surface area contributed by atoms with E-state index in [0.29, 0.717) is 19.0 Å². The summed E-state index contributed by atoms with van der Waals surface area (Å²) in [5.74, 6) is -0.329. The molecule has 3 heterocycles. The molecular formula is C18H24N4O4. The van der Waals surface area contributed by atoms with E-state index in [-0.39, 0.29) is 24.1 Å². The number of nitrogens with zero attached hydrogens (tertiary/aromatic N) is 4. The van der Waals surface area contributed by atoms with Gasteiger partial charge in [0, 0.05) is 37.0 Å². The Labute approximate surface area is 151 Å². The van der Waals surface area contributed by atoms with E-state index in [1.54, 1.807) is 17.2 Å². The van der Waals surface area contributed by atoms with Crippen LogP contribution in [0.2, 0.25) is 0 Å². The Bertz CT molecular complexity index is 780. The van der Waals surface area contributed by atoms with E-state index in [4.69, 9.17) is 9.63 Å². The number of aliphatic carboxylic acids is 1. The highest BCUT2D eigenvalue weighted by Crippen LogP contribution is 2.28. The SMILES string of the molecule is CC(C)Cc1cc(C(=O)N2CCC[C@@H](c3ccnn3CC(=O)O)C2)on1. The van der Waals surface area contributed by atoms with Gasteiger partial charge in [0.15, 0.2) is 0 Å². The maximum Gasteiger partial charge on any atom is 0.325 e. The minimum absolute atomic E-state index is 0.0626. The number of carboxylic acid groups (broad SMARTS) is 1. The van der Waals surface area contributed by atoms with Gasteiger partial charge in [-0.25, -0.2) is 0 Å². The lowest BCUT2D eigenvalue weighted by Gasteiger charge is -2.32. The van der Waals surface area contributed by atoms with E-state index in [9.17, 15) is 9.59 Å². The molecule has 26 heavy (non-hydrogen) atoms. The molecule has 0 unspecified atom stereocenters. The number of hydrogen-bond donors (Lipinski definition) is 1. The van der Waals surface area contributed by atoms with Crippen LogP contribution in [-0.2, 0) is 17.8 Å². The highest BCUT2D eigenvalue weighted by atomic mass is 16.5. The first-order valence-electron chi connectivity index (χ1n) is 8.92. The summed E-state index contributed by atoms with van der Waals surface area (Å²) < 4.78 is 6.74. The molecule has 0 aliphatic carbocycles. The van der Waals surface area contributed by atoms with E-state index < -0.39 is 5.97 Å². The van der Waals surface area contributed by atoms with Gasteiger partial charge in [0.1, 0.15) is 6.54 Å². The second-order valence-corrected chi connectivity index (χ2v) is 7.18. The van der Waals surface area contributed by atoms with E-state index in [1.165, 1.54) is 4.68 Å². The van der Waals surface area contributed by atoms with E-state index in [0.717, 1.165) is 30.7 Å². The molecule has 1 fully saturated rings. The van der Waals surface area contributed by atoms with Crippen LogP contribution in [0, 0.1) is 5.92 Å². The van der Waals surface area contributed by atoms with Crippen molar-refractivity contribution in [3.63, 3.8) is 0 Å². The summed E-state index contributed by atoms with van der Waals surface area (Å²) in [7, 11) is 0. The molecule has 1 aliphatic heterocycles. The quantitative estimate of drug-likeness (QED) is 0.847. The number of amides is 1. The maximum absolute atomic E-state index is 12.8. The van der Waals surface area contributed by atoms with Crippen LogP contribution in [0.15, 0.2) is 22.9 Å². The monoisotopic (exact) mass is 360 g/mol. The Morgan fingerprint density at radius 3 is 2.96 bits per heavy atom. The largest absolute Gasteiger partial charge is 0.480 e. The van der Waals surface area contributed by atoms with Crippen molar-refractivity contribution in [3.8, 4) is 0 Å². The first-order chi connectivity index (χ1) is 12.4. The van der Waals surface area contributed by atoms with Gasteiger partial charge in [-0.05, 0) is 31.2 Å². The van der Waals surface area contributed by atoms with Crippen LogP contribution in [0.4, 0.5) is 0 Å². The average molecular weight is 360 g/mol. The van der Waals surface area contributed by atoms with Gasteiger partial charge < -0.3 is 14.5 Å². The number of rotatable bonds is 6. The van der Waals surface area contributed by atoms with Crippen LogP contribution in [0.1, 0.15) is 54.5 Å². The summed E-state index contributed by atoms with van der Waals surface area (Å²) in [6.07, 6.45) is 4.12. The van der Waals surface area contributed by atoms with Gasteiger partial charge in [-0.1, -0.05) is 19.0 Å². The highest BCUT2D eigenvalue weighted by Gasteiger charge is 2.29. The molecule has 0 radical (unpaired) electrons. The fourth-order valence-electron chi connectivity index (χ4n) is 3.44. The molecule has 0 saturated carbocycles. The number of piperidine rings is 1. The van der Waals surface area contributed by atoms with Gasteiger partial charge in [0.2, 0.25) is 5.76 Å². The predicted octanol–water partition coefficient (Wildman–Crippen LogP) is 2.17. The van der Waals surface area contributed by atoms with Crippen molar-refractivity contribution in [1.82, 2.24) is 19.8 Å². The van der Waals surface area contributed by atoms with E-state index in [2.05, 4.69) is 24.1 Å². The first-order valence-corrected chi connectivity index (χ1v) is 8.92. The summed E-state index contributed by atoms with van der Waals surface area (Å²) >= 11 is 0. The first kappa shape index (κ1) is 18.2. The lowest BCUT2D eigenvalue weighted by Crippen LogP contribution is -2.39. The summed E-state index contributed by atoms with van der Waals surface area (Å²) in [6, 6.07) is 3.55. The van der Waals surface area contributed by atoms with Crippen molar-refractivity contribution in [2.45, 2.75) is 45.6 Å². The summed E-state index contributed by atoms with van der Waals surface area (Å²) in [4.78, 5) is 25.5. The Balaban J connectivity index is 1.70. The van der Waals surface area contributed by atoms with Crippen molar-refractivity contribution >= 4 is 11.9 Å². The third-order valence-electron chi connectivity index (χ3n) is 4.55. The maximum atomic E-state index is 12.8. The topological polar surface area (TPSA) is 101 Å². The molecule has 1 atom stereocenters. The summed E-state index contributed by atoms with van der Waals surface area (Å²) in [6.45, 7) is 5.18. The highest BCUT2D eigenvalue weighted by molar-refractivity contribution is 5.91. The summed E-state index contributed by atoms with van der Waals surface area (Å²) in [5, 5.41) is 17.1. The Morgan fingerprint density at radius 1 is 1.42 bits per heavy atom. The average Bonchev–Trinajstić information content (AvgIpc) is 3.23. The third-order valence-corrected chi connectivity index (χ3v) is 4.55. The molecule has 1 amide bonds. The lowest BCUT2D eigenvalue weighted by atomic mass is 9.94. The molecule has 140 valence electrons. The van der Waals surface area contributed by atoms with Crippen LogP contribution in [0.5, 0.6) is 0 Å². The molecule has 8 heteroatoms. The van der Waals surface area contributed by atoms with Gasteiger partial charge in [-0.2, -0.15) is 5.10 Å². The number of carboxylic acids is 1. The number of hydrogen-bond acceptors (Lipinski definition) is 5. The minimum atomic E-state index is -0.932. The molecule has 0 aromatic carbocycles. The van der Waals surface area contributed by atoms with Gasteiger partial charge in [-0.15, -0.1) is 0 Å². The molecule has 1 N–H and O–H groups in total. The molecule has 2 aromatic heterocycles. The minimum Gasteiger partial charge on any atom is -0.480 e. The Morgan fingerprint density at radius 2 is 2.23 bits per heavy atom. The van der Waals surface area contributed by atoms with Gasteiger partial charge in [0.25, 0.3) is 5.91 Å². The molecule has 8 nitrogen and oxygen atoms in total. The van der Waals surface area contributed by atoms with Crippen LogP contribution < -0.4 is 0 Å². The summed E-state index contributed by atoms with van der Waals surface area (Å²) in [5.41, 5.74) is 1.64. The molecule has 1 saturated heterocycles. The molecular weight excluding hydrogens is 336 g/mol. The second-order valence-electron chi connectivity index (χ2n) is 7.18. The lowest BCUT2D eigenvalue weighted by molar-refractivity contribution is -0.137. The van der Waals surface area contributed by atoms with Gasteiger partial charge >= 0.3 is 5.97 Å². The van der Waals surface area contributed by atoms with Crippen LogP contribution >= 0.6 is 0 Å². The standard InChI is InChI=1S/C18H24N4O4/c1-12(2)8-14-9-16(26-20-14)18(25)21-7-3-4-13(10-21)15-5-6-19-22(15)11-17(23)24/h5-6,9,12-13H,3-4,7-8,10-11H2,1-2H3,(H,23,24)/t13-/m1/s1. The number of likely N-dealkylation sites (tertiary alicyclic amines) is 1. The molecule has 0 bridgehead atoms. The Kier molecular flexibility index (Phi) is 5.39. The van der Waals surface area contributed by atoms with E-state index in [1.807, 2.05) is 6.07 Å². The number of carbonyl (C=O) groups is 2. The van der Waals surface area contributed by atoms with Crippen molar-refractivity contribution in [2.24, 2.45) is 5.92 Å². The smallest absolute Gasteiger partial charge is 0.325 e. The zero-order chi connectivity index (χ0) is 18.7. The van der Waals surface area contributed by atoms with Crippen LogP contribution in [0.3, 0.4) is 0 Å². The van der Waals surface area contributed by atoms with Crippen molar-refractivity contribution in [1.29, 1.82) is 0 Å². The molecule has 2 aromatic rings. The number of carbonyl (C=O) groups excluding carboxylic acids is 1. The predicted molar refractivity (Wildman–Crippen MR) is 92.8 cm³/mol. The molecule has 3 rings (SSSR count). The van der Waals surface area contributed by atoms with Crippen molar-refractivity contribution in [3.05, 3.63) is 35.5 Å². The van der Waals surface area contributed by atoms with E-state index >= 15 is 0 Å². The molecule has 1 aliphatic rings. The normalized spacial score (nSPS) is 17.7. The zero-order valence-electron chi connectivity index (χ0n) is 15.1. The second kappa shape index (κ2) is 7.72. The van der Waals surface area contributed by atoms with Crippen LogP contribution in [0.25, 0.3) is 0 Å². The Hall–Kier alpha value is -2.64. The van der Waals surface area contributed by atoms with Crippen molar-refractivity contribution < 1.29 is 19.2 Å². The fourth-order valence-corrected chi connectivity index (χ4v) is 3.44. The fraction of sp³-hybridized carbons (Fsp3) is 0.556. The van der Waals surface area contributed by atoms with Gasteiger partial charge in [-0.3, -0.25) is 14.3 Å². The van der Waals surface area contributed by atoms with Gasteiger partial charge in [0.05, 0.1) is 5.69 Å². The molecule has 0 spiro atoms.